The molecule has 0 atom stereocenters. The van der Waals surface area contributed by atoms with Gasteiger partial charge in [0, 0.05) is 24.2 Å². The number of H-pyrrole nitrogens is 1. The first-order chi connectivity index (χ1) is 16.3. The van der Waals surface area contributed by atoms with Crippen molar-refractivity contribution < 1.29 is 17.9 Å². The Kier molecular flexibility index (Phi) is 6.72. The number of sulfonamides is 1. The molecule has 4 N–H and O–H groups in total. The molecule has 2 aromatic carbocycles. The minimum Gasteiger partial charge on any atom is -0.395 e. The first kappa shape index (κ1) is 23.5. The average Bonchev–Trinajstić information content (AvgIpc) is 3.31. The molecule has 178 valence electrons. The van der Waals surface area contributed by atoms with Crippen LogP contribution in [-0.2, 0) is 10.0 Å². The lowest BCUT2D eigenvalue weighted by Crippen LogP contribution is -2.27. The molecule has 0 unspecified atom stereocenters. The number of aliphatic hydroxyl groups is 1. The fourth-order valence-corrected chi connectivity index (χ4v) is 4.87. The van der Waals surface area contributed by atoms with Crippen molar-refractivity contribution in [3.63, 3.8) is 0 Å². The Labute approximate surface area is 195 Å². The molecule has 0 bridgehead atoms. The minimum absolute atomic E-state index is 0.0510. The van der Waals surface area contributed by atoms with Crippen LogP contribution in [0, 0.1) is 12.7 Å². The Morgan fingerprint density at radius 1 is 1.21 bits per heavy atom. The highest BCUT2D eigenvalue weighted by Crippen LogP contribution is 2.32. The van der Waals surface area contributed by atoms with Gasteiger partial charge >= 0.3 is 0 Å². The molecular formula is C22H24FN7O3S. The van der Waals surface area contributed by atoms with E-state index in [1.54, 1.807) is 30.2 Å². The van der Waals surface area contributed by atoms with E-state index in [1.165, 1.54) is 6.07 Å². The first-order valence-electron chi connectivity index (χ1n) is 10.5. The van der Waals surface area contributed by atoms with Crippen molar-refractivity contribution in [2.24, 2.45) is 0 Å². The summed E-state index contributed by atoms with van der Waals surface area (Å²) in [6.45, 7) is 3.56. The van der Waals surface area contributed by atoms with E-state index >= 15 is 0 Å². The monoisotopic (exact) mass is 485 g/mol. The summed E-state index contributed by atoms with van der Waals surface area (Å²) in [5.41, 5.74) is 2.48. The van der Waals surface area contributed by atoms with Crippen molar-refractivity contribution >= 4 is 44.1 Å². The number of fused-ring (bicyclic) bond motifs is 1. The number of benzene rings is 2. The second-order valence-corrected chi connectivity index (χ2v) is 9.18. The third kappa shape index (κ3) is 4.69. The van der Waals surface area contributed by atoms with Crippen LogP contribution in [0.4, 0.5) is 27.5 Å². The van der Waals surface area contributed by atoms with Crippen LogP contribution in [0.2, 0.25) is 0 Å². The second-order valence-electron chi connectivity index (χ2n) is 7.44. The lowest BCUT2D eigenvalue weighted by atomic mass is 10.2. The van der Waals surface area contributed by atoms with Crippen LogP contribution in [0.1, 0.15) is 12.5 Å². The zero-order valence-electron chi connectivity index (χ0n) is 18.6. The molecule has 10 nitrogen and oxygen atoms in total. The summed E-state index contributed by atoms with van der Waals surface area (Å²) in [6, 6.07) is 10.3. The maximum absolute atomic E-state index is 14.8. The Balaban J connectivity index is 1.68. The molecule has 0 fully saturated rings. The number of rotatable bonds is 9. The number of halogens is 1. The van der Waals surface area contributed by atoms with Crippen LogP contribution in [0.25, 0.3) is 10.9 Å². The van der Waals surface area contributed by atoms with Gasteiger partial charge in [0.25, 0.3) is 0 Å². The van der Waals surface area contributed by atoms with E-state index in [1.807, 2.05) is 25.1 Å². The van der Waals surface area contributed by atoms with Gasteiger partial charge in [-0.2, -0.15) is 10.1 Å². The fraction of sp³-hybridized carbons (Fsp3) is 0.227. The number of anilines is 4. The Hall–Kier alpha value is -3.61. The molecule has 4 aromatic rings. The summed E-state index contributed by atoms with van der Waals surface area (Å²) in [5, 5.41) is 19.7. The van der Waals surface area contributed by atoms with E-state index in [0.29, 0.717) is 17.8 Å². The van der Waals surface area contributed by atoms with Gasteiger partial charge in [0.05, 0.1) is 35.1 Å². The lowest BCUT2D eigenvalue weighted by Gasteiger charge is -2.23. The van der Waals surface area contributed by atoms with Crippen LogP contribution in [0.3, 0.4) is 0 Å². The largest absolute Gasteiger partial charge is 0.395 e. The molecule has 0 saturated heterocycles. The van der Waals surface area contributed by atoms with Gasteiger partial charge < -0.3 is 15.3 Å². The predicted octanol–water partition coefficient (Wildman–Crippen LogP) is 2.97. The van der Waals surface area contributed by atoms with Gasteiger partial charge in [0.15, 0.2) is 11.6 Å². The molecule has 34 heavy (non-hydrogen) atoms. The van der Waals surface area contributed by atoms with Crippen LogP contribution < -0.4 is 14.9 Å². The highest BCUT2D eigenvalue weighted by atomic mass is 32.2. The smallest absolute Gasteiger partial charge is 0.240 e. The van der Waals surface area contributed by atoms with Gasteiger partial charge in [-0.15, -0.1) is 0 Å². The van der Waals surface area contributed by atoms with Gasteiger partial charge in [0.2, 0.25) is 16.0 Å². The summed E-state index contributed by atoms with van der Waals surface area (Å²) in [7, 11) is -3.82. The molecule has 2 heterocycles. The highest BCUT2D eigenvalue weighted by Gasteiger charge is 2.20. The van der Waals surface area contributed by atoms with Gasteiger partial charge in [0.1, 0.15) is 0 Å². The van der Waals surface area contributed by atoms with E-state index in [-0.39, 0.29) is 29.8 Å². The third-order valence-electron chi connectivity index (χ3n) is 5.19. The molecule has 12 heteroatoms. The lowest BCUT2D eigenvalue weighted by molar-refractivity contribution is 0.301. The highest BCUT2D eigenvalue weighted by molar-refractivity contribution is 7.89. The van der Waals surface area contributed by atoms with Gasteiger partial charge in [-0.1, -0.05) is 12.1 Å². The molecule has 0 amide bonds. The molecule has 0 radical (unpaired) electrons. The normalized spacial score (nSPS) is 11.6. The van der Waals surface area contributed by atoms with E-state index in [0.717, 1.165) is 22.8 Å². The van der Waals surface area contributed by atoms with E-state index in [4.69, 9.17) is 5.11 Å². The predicted molar refractivity (Wildman–Crippen MR) is 127 cm³/mol. The van der Waals surface area contributed by atoms with Crippen LogP contribution in [0.15, 0.2) is 53.7 Å². The Morgan fingerprint density at radius 2 is 2.03 bits per heavy atom. The molecule has 2 aromatic heterocycles. The van der Waals surface area contributed by atoms with Gasteiger partial charge in [-0.05, 0) is 43.7 Å². The summed E-state index contributed by atoms with van der Waals surface area (Å²) in [6.07, 6.45) is 2.74. The van der Waals surface area contributed by atoms with E-state index in [9.17, 15) is 12.8 Å². The van der Waals surface area contributed by atoms with Crippen molar-refractivity contribution in [1.29, 1.82) is 0 Å². The topological polar surface area (TPSA) is 136 Å². The van der Waals surface area contributed by atoms with Gasteiger partial charge in [-0.25, -0.2) is 22.5 Å². The molecule has 0 spiro atoms. The van der Waals surface area contributed by atoms with Crippen molar-refractivity contribution in [1.82, 2.24) is 24.9 Å². The quantitative estimate of drug-likeness (QED) is 0.284. The summed E-state index contributed by atoms with van der Waals surface area (Å²) < 4.78 is 42.2. The zero-order valence-corrected chi connectivity index (χ0v) is 19.4. The second kappa shape index (κ2) is 9.71. The summed E-state index contributed by atoms with van der Waals surface area (Å²) in [4.78, 5) is 10.2. The van der Waals surface area contributed by atoms with Crippen LogP contribution >= 0.6 is 0 Å². The molecule has 0 aliphatic rings. The van der Waals surface area contributed by atoms with E-state index < -0.39 is 15.8 Å². The van der Waals surface area contributed by atoms with Crippen molar-refractivity contribution in [2.45, 2.75) is 18.7 Å². The number of aromatic amines is 1. The van der Waals surface area contributed by atoms with Crippen LogP contribution in [-0.4, -0.2) is 53.4 Å². The Morgan fingerprint density at radius 3 is 2.79 bits per heavy atom. The molecular weight excluding hydrogens is 461 g/mol. The standard InChI is InChI=1S/C22H24FN7O3S/c1-3-30(19-6-4-5-18-16(19)12-25-29-18)21-17(23)13-24-22(28-21)27-15-8-7-14(2)20(11-15)34(32,33)26-9-10-31/h4-8,11-13,26,31H,3,9-10H2,1-2H3,(H,25,29)(H,24,27,28). The van der Waals surface area contributed by atoms with Crippen molar-refractivity contribution in [3.05, 3.63) is 60.2 Å². The number of aryl methyl sites for hydroxylation is 1. The van der Waals surface area contributed by atoms with Gasteiger partial charge in [-0.3, -0.25) is 5.10 Å². The zero-order chi connectivity index (χ0) is 24.3. The third-order valence-corrected chi connectivity index (χ3v) is 6.79. The molecule has 4 rings (SSSR count). The number of aliphatic hydroxyl groups excluding tert-OH is 1. The maximum Gasteiger partial charge on any atom is 0.240 e. The minimum atomic E-state index is -3.82. The number of hydrogen-bond donors (Lipinski definition) is 4. The van der Waals surface area contributed by atoms with E-state index in [2.05, 4.69) is 30.2 Å². The molecule has 0 aliphatic carbocycles. The van der Waals surface area contributed by atoms with Crippen molar-refractivity contribution in [3.8, 4) is 0 Å². The summed E-state index contributed by atoms with van der Waals surface area (Å²) in [5.74, 6) is -0.434. The number of aromatic nitrogens is 4. The number of nitrogens with zero attached hydrogens (tertiary/aromatic N) is 4. The average molecular weight is 486 g/mol. The number of nitrogens with one attached hydrogen (secondary N) is 3. The molecule has 0 aliphatic heterocycles. The van der Waals surface area contributed by atoms with Crippen molar-refractivity contribution in [2.75, 3.05) is 29.9 Å². The first-order valence-corrected chi connectivity index (χ1v) is 12.0. The fourth-order valence-electron chi connectivity index (χ4n) is 3.58. The molecule has 0 saturated carbocycles. The number of hydrogen-bond acceptors (Lipinski definition) is 8. The SMILES string of the molecule is CCN(c1nc(Nc2ccc(C)c(S(=O)(=O)NCCO)c2)ncc1F)c1cccc2[nH]ncc12. The summed E-state index contributed by atoms with van der Waals surface area (Å²) >= 11 is 0. The van der Waals surface area contributed by atoms with Crippen LogP contribution in [0.5, 0.6) is 0 Å². The maximum atomic E-state index is 14.8. The Bertz CT molecular complexity index is 1430.